The second-order valence-corrected chi connectivity index (χ2v) is 6.01. The second-order valence-electron chi connectivity index (χ2n) is 6.01. The molecule has 4 rings (SSSR count). The summed E-state index contributed by atoms with van der Waals surface area (Å²) in [6.45, 7) is 0. The maximum Gasteiger partial charge on any atom is 0.348 e. The molecule has 0 radical (unpaired) electrons. The molecule has 1 aromatic heterocycles. The van der Waals surface area contributed by atoms with Crippen molar-refractivity contribution in [2.24, 2.45) is 0 Å². The first-order chi connectivity index (χ1) is 14.5. The number of fused-ring (bicyclic) bond motifs is 1. The van der Waals surface area contributed by atoms with Gasteiger partial charge in [0.1, 0.15) is 22.5 Å². The van der Waals surface area contributed by atoms with E-state index in [0.29, 0.717) is 11.5 Å². The van der Waals surface area contributed by atoms with Crippen LogP contribution in [0, 0.1) is 20.2 Å². The van der Waals surface area contributed by atoms with Crippen molar-refractivity contribution >= 4 is 22.4 Å². The largest absolute Gasteiger partial charge is 0.435 e. The van der Waals surface area contributed by atoms with Crippen molar-refractivity contribution in [1.82, 2.24) is 9.97 Å². The highest BCUT2D eigenvalue weighted by atomic mass is 16.6. The van der Waals surface area contributed by atoms with E-state index in [9.17, 15) is 20.2 Å². The maximum absolute atomic E-state index is 11.3. The number of para-hydroxylation sites is 2. The molecule has 3 aromatic carbocycles. The molecule has 30 heavy (non-hydrogen) atoms. The van der Waals surface area contributed by atoms with E-state index in [0.717, 1.165) is 12.1 Å². The summed E-state index contributed by atoms with van der Waals surface area (Å²) >= 11 is 0. The predicted octanol–water partition coefficient (Wildman–Crippen LogP) is 5.03. The van der Waals surface area contributed by atoms with E-state index in [-0.39, 0.29) is 22.8 Å². The van der Waals surface area contributed by atoms with Gasteiger partial charge in [0.15, 0.2) is 0 Å². The summed E-state index contributed by atoms with van der Waals surface area (Å²) < 4.78 is 11.5. The SMILES string of the molecule is O=[N+]([O-])c1cc2nc(Oc3ccccc3)c(Oc3ccccc3)nc2cc1[N+](=O)[O-]. The van der Waals surface area contributed by atoms with Crippen LogP contribution in [-0.4, -0.2) is 19.8 Å². The zero-order valence-electron chi connectivity index (χ0n) is 15.2. The molecule has 0 saturated heterocycles. The molecule has 0 spiro atoms. The molecule has 148 valence electrons. The molecule has 0 aliphatic carbocycles. The highest BCUT2D eigenvalue weighted by molar-refractivity contribution is 5.83. The Kier molecular flexibility index (Phi) is 4.87. The van der Waals surface area contributed by atoms with E-state index < -0.39 is 21.2 Å². The molecule has 0 bridgehead atoms. The van der Waals surface area contributed by atoms with Crippen molar-refractivity contribution in [1.29, 1.82) is 0 Å². The lowest BCUT2D eigenvalue weighted by Crippen LogP contribution is -2.01. The van der Waals surface area contributed by atoms with Crippen LogP contribution >= 0.6 is 0 Å². The first kappa shape index (κ1) is 18.7. The van der Waals surface area contributed by atoms with Crippen LogP contribution in [-0.2, 0) is 0 Å². The van der Waals surface area contributed by atoms with Gasteiger partial charge in [0.05, 0.1) is 22.0 Å². The highest BCUT2D eigenvalue weighted by Gasteiger charge is 2.27. The van der Waals surface area contributed by atoms with Crippen molar-refractivity contribution in [3.8, 4) is 23.3 Å². The summed E-state index contributed by atoms with van der Waals surface area (Å²) in [5, 5.41) is 22.5. The Morgan fingerprint density at radius 1 is 0.633 bits per heavy atom. The summed E-state index contributed by atoms with van der Waals surface area (Å²) in [5.74, 6) is 0.808. The summed E-state index contributed by atoms with van der Waals surface area (Å²) in [6.07, 6.45) is 0. The summed E-state index contributed by atoms with van der Waals surface area (Å²) in [5.41, 5.74) is -1.27. The number of benzene rings is 3. The van der Waals surface area contributed by atoms with Gasteiger partial charge in [-0.25, -0.2) is 9.97 Å². The fraction of sp³-hybridized carbons (Fsp3) is 0. The van der Waals surface area contributed by atoms with Crippen LogP contribution in [0.25, 0.3) is 11.0 Å². The van der Waals surface area contributed by atoms with Gasteiger partial charge < -0.3 is 9.47 Å². The number of aromatic nitrogens is 2. The van der Waals surface area contributed by atoms with Gasteiger partial charge in [-0.3, -0.25) is 20.2 Å². The van der Waals surface area contributed by atoms with Crippen LogP contribution in [0.15, 0.2) is 72.8 Å². The average molecular weight is 404 g/mol. The van der Waals surface area contributed by atoms with Crippen LogP contribution in [0.3, 0.4) is 0 Å². The molecule has 0 aliphatic rings. The Morgan fingerprint density at radius 3 is 1.33 bits per heavy atom. The minimum absolute atomic E-state index is 0.0410. The Bertz CT molecular complexity index is 1150. The van der Waals surface area contributed by atoms with Gasteiger partial charge in [-0.05, 0) is 24.3 Å². The molecule has 0 fully saturated rings. The Labute approximate surface area is 168 Å². The number of nitro groups is 2. The lowest BCUT2D eigenvalue weighted by atomic mass is 10.2. The Hall–Kier alpha value is -4.60. The molecule has 0 N–H and O–H groups in total. The van der Waals surface area contributed by atoms with E-state index in [1.807, 2.05) is 12.1 Å². The maximum atomic E-state index is 11.3. The first-order valence-corrected chi connectivity index (χ1v) is 8.61. The standard InChI is InChI=1S/C20H12N4O6/c25-23(26)17-11-15-16(12-18(17)24(27)28)22-20(30-14-9-5-2-6-10-14)19(21-15)29-13-7-3-1-4-8-13/h1-12H. The van der Waals surface area contributed by atoms with Crippen molar-refractivity contribution in [2.45, 2.75) is 0 Å². The Morgan fingerprint density at radius 2 is 1.00 bits per heavy atom. The molecule has 10 nitrogen and oxygen atoms in total. The van der Waals surface area contributed by atoms with E-state index in [1.165, 1.54) is 0 Å². The van der Waals surface area contributed by atoms with E-state index in [1.54, 1.807) is 48.5 Å². The summed E-state index contributed by atoms with van der Waals surface area (Å²) in [4.78, 5) is 29.4. The smallest absolute Gasteiger partial charge is 0.348 e. The van der Waals surface area contributed by atoms with Crippen molar-refractivity contribution < 1.29 is 19.3 Å². The number of ether oxygens (including phenoxy) is 2. The number of nitrogens with zero attached hydrogens (tertiary/aromatic N) is 4. The molecule has 0 amide bonds. The van der Waals surface area contributed by atoms with Crippen LogP contribution in [0.5, 0.6) is 23.3 Å². The van der Waals surface area contributed by atoms with E-state index in [4.69, 9.17) is 9.47 Å². The third-order valence-electron chi connectivity index (χ3n) is 4.01. The number of hydrogen-bond acceptors (Lipinski definition) is 8. The van der Waals surface area contributed by atoms with E-state index in [2.05, 4.69) is 9.97 Å². The van der Waals surface area contributed by atoms with Crippen molar-refractivity contribution in [3.05, 3.63) is 93.0 Å². The molecule has 0 aliphatic heterocycles. The van der Waals surface area contributed by atoms with Crippen molar-refractivity contribution in [3.63, 3.8) is 0 Å². The zero-order chi connectivity index (χ0) is 21.1. The molecular formula is C20H12N4O6. The van der Waals surface area contributed by atoms with Crippen LogP contribution < -0.4 is 9.47 Å². The number of hydrogen-bond donors (Lipinski definition) is 0. The lowest BCUT2D eigenvalue weighted by molar-refractivity contribution is -0.422. The second kappa shape index (κ2) is 7.80. The lowest BCUT2D eigenvalue weighted by Gasteiger charge is -2.11. The van der Waals surface area contributed by atoms with Crippen molar-refractivity contribution in [2.75, 3.05) is 0 Å². The van der Waals surface area contributed by atoms with Gasteiger partial charge in [0.2, 0.25) is 0 Å². The van der Waals surface area contributed by atoms with Gasteiger partial charge in [-0.2, -0.15) is 0 Å². The monoisotopic (exact) mass is 404 g/mol. The number of rotatable bonds is 6. The van der Waals surface area contributed by atoms with Crippen LogP contribution in [0.2, 0.25) is 0 Å². The minimum Gasteiger partial charge on any atom is -0.435 e. The average Bonchev–Trinajstić information content (AvgIpc) is 2.74. The molecular weight excluding hydrogens is 392 g/mol. The van der Waals surface area contributed by atoms with Crippen LogP contribution in [0.1, 0.15) is 0 Å². The fourth-order valence-electron chi connectivity index (χ4n) is 2.67. The molecule has 0 atom stereocenters. The molecule has 10 heteroatoms. The molecule has 0 unspecified atom stereocenters. The fourth-order valence-corrected chi connectivity index (χ4v) is 2.67. The molecule has 1 heterocycles. The predicted molar refractivity (Wildman–Crippen MR) is 106 cm³/mol. The summed E-state index contributed by atoms with van der Waals surface area (Å²) in [6, 6.07) is 19.4. The van der Waals surface area contributed by atoms with Gasteiger partial charge in [-0.1, -0.05) is 36.4 Å². The quantitative estimate of drug-likeness (QED) is 0.323. The first-order valence-electron chi connectivity index (χ1n) is 8.61. The normalized spacial score (nSPS) is 10.5. The van der Waals surface area contributed by atoms with Gasteiger partial charge in [0, 0.05) is 0 Å². The third-order valence-corrected chi connectivity index (χ3v) is 4.01. The van der Waals surface area contributed by atoms with Gasteiger partial charge >= 0.3 is 11.4 Å². The molecule has 4 aromatic rings. The third kappa shape index (κ3) is 3.83. The topological polar surface area (TPSA) is 131 Å². The van der Waals surface area contributed by atoms with Gasteiger partial charge in [-0.15, -0.1) is 0 Å². The van der Waals surface area contributed by atoms with Crippen LogP contribution in [0.4, 0.5) is 11.4 Å². The van der Waals surface area contributed by atoms with E-state index >= 15 is 0 Å². The summed E-state index contributed by atoms with van der Waals surface area (Å²) in [7, 11) is 0. The number of nitro benzene ring substituents is 2. The minimum atomic E-state index is -0.842. The highest BCUT2D eigenvalue weighted by Crippen LogP contribution is 2.36. The molecule has 0 saturated carbocycles. The zero-order valence-corrected chi connectivity index (χ0v) is 15.2. The van der Waals surface area contributed by atoms with Gasteiger partial charge in [0.25, 0.3) is 11.8 Å². The Balaban J connectivity index is 1.88.